The van der Waals surface area contributed by atoms with Crippen molar-refractivity contribution in [2.45, 2.75) is 30.9 Å². The molecular weight excluding hydrogens is 399 g/mol. The number of benzene rings is 1. The van der Waals surface area contributed by atoms with Crippen molar-refractivity contribution in [3.63, 3.8) is 0 Å². The van der Waals surface area contributed by atoms with E-state index in [4.69, 9.17) is 10.3 Å². The van der Waals surface area contributed by atoms with Gasteiger partial charge in [0.2, 0.25) is 5.88 Å². The maximum Gasteiger partial charge on any atom is 0.400 e. The van der Waals surface area contributed by atoms with Crippen LogP contribution in [0, 0.1) is 0 Å². The molecule has 0 radical (unpaired) electrons. The first-order valence-corrected chi connectivity index (χ1v) is 9.21. The molecule has 0 spiro atoms. The van der Waals surface area contributed by atoms with Crippen LogP contribution >= 0.6 is 0 Å². The van der Waals surface area contributed by atoms with Gasteiger partial charge in [-0.2, -0.15) is 13.2 Å². The van der Waals surface area contributed by atoms with E-state index >= 15 is 0 Å². The van der Waals surface area contributed by atoms with Gasteiger partial charge in [-0.1, -0.05) is 23.7 Å². The first-order chi connectivity index (χ1) is 14.3. The first kappa shape index (κ1) is 19.7. The second-order valence-electron chi connectivity index (χ2n) is 7.14. The number of pyridine rings is 1. The van der Waals surface area contributed by atoms with Crippen LogP contribution in [-0.2, 0) is 5.41 Å². The van der Waals surface area contributed by atoms with Crippen LogP contribution < -0.4 is 16.4 Å². The molecule has 0 aliphatic heterocycles. The normalized spacial score (nSPS) is 15.3. The zero-order valence-corrected chi connectivity index (χ0v) is 15.7. The monoisotopic (exact) mass is 417 g/mol. The second-order valence-corrected chi connectivity index (χ2v) is 7.14. The van der Waals surface area contributed by atoms with Crippen LogP contribution in [0.5, 0.6) is 0 Å². The SMILES string of the molecule is Nc1ccc(-c2ccc(NC(=O)Nc3cc(C4(C(F)(F)F)CCC4)no3)cc2)cn1. The summed E-state index contributed by atoms with van der Waals surface area (Å²) in [5, 5.41) is 8.49. The van der Waals surface area contributed by atoms with Gasteiger partial charge in [0.1, 0.15) is 16.9 Å². The van der Waals surface area contributed by atoms with Gasteiger partial charge in [0.15, 0.2) is 0 Å². The number of hydrogen-bond donors (Lipinski definition) is 3. The van der Waals surface area contributed by atoms with E-state index in [0.29, 0.717) is 17.9 Å². The van der Waals surface area contributed by atoms with Crippen molar-refractivity contribution in [3.8, 4) is 11.1 Å². The van der Waals surface area contributed by atoms with Crippen LogP contribution in [-0.4, -0.2) is 22.3 Å². The van der Waals surface area contributed by atoms with Gasteiger partial charge in [-0.3, -0.25) is 5.32 Å². The second kappa shape index (κ2) is 7.36. The van der Waals surface area contributed by atoms with Gasteiger partial charge in [-0.05, 0) is 42.7 Å². The van der Waals surface area contributed by atoms with E-state index in [1.54, 1.807) is 36.5 Å². The van der Waals surface area contributed by atoms with Crippen LogP contribution in [0.25, 0.3) is 11.1 Å². The molecule has 0 unspecified atom stereocenters. The zero-order valence-electron chi connectivity index (χ0n) is 15.7. The first-order valence-electron chi connectivity index (χ1n) is 9.21. The van der Waals surface area contributed by atoms with Gasteiger partial charge in [0, 0.05) is 23.5 Å². The highest BCUT2D eigenvalue weighted by atomic mass is 19.4. The van der Waals surface area contributed by atoms with Crippen LogP contribution in [0.2, 0.25) is 0 Å². The Bertz CT molecular complexity index is 1040. The van der Waals surface area contributed by atoms with Gasteiger partial charge in [-0.25, -0.2) is 9.78 Å². The highest BCUT2D eigenvalue weighted by Gasteiger charge is 2.61. The molecule has 7 nitrogen and oxygen atoms in total. The Morgan fingerprint density at radius 1 is 1.07 bits per heavy atom. The Labute approximate surface area is 169 Å². The van der Waals surface area contributed by atoms with E-state index in [9.17, 15) is 18.0 Å². The third-order valence-electron chi connectivity index (χ3n) is 5.25. The Hall–Kier alpha value is -3.56. The number of nitrogens with one attached hydrogen (secondary N) is 2. The number of aromatic nitrogens is 2. The molecule has 3 aromatic rings. The highest BCUT2D eigenvalue weighted by molar-refractivity contribution is 5.99. The maximum atomic E-state index is 13.4. The number of carbonyl (C=O) groups excluding carboxylic acids is 1. The minimum atomic E-state index is -4.41. The summed E-state index contributed by atoms with van der Waals surface area (Å²) in [6.45, 7) is 0. The molecule has 4 N–H and O–H groups in total. The molecule has 0 bridgehead atoms. The standard InChI is InChI=1S/C20H18F3N5O2/c21-20(22,23)19(8-1-9-19)15-10-17(30-28-15)27-18(29)26-14-5-2-12(3-6-14)13-4-7-16(24)25-11-13/h2-7,10-11H,1,8-9H2,(H2,24,25)(H2,26,27,29). The van der Waals surface area contributed by atoms with Crippen LogP contribution in [0.1, 0.15) is 25.0 Å². The van der Waals surface area contributed by atoms with Gasteiger partial charge in [0.05, 0.1) is 0 Å². The lowest BCUT2D eigenvalue weighted by Crippen LogP contribution is -2.48. The molecule has 10 heteroatoms. The average Bonchev–Trinajstić information content (AvgIpc) is 3.09. The van der Waals surface area contributed by atoms with E-state index in [2.05, 4.69) is 20.8 Å². The van der Waals surface area contributed by atoms with E-state index < -0.39 is 17.6 Å². The quantitative estimate of drug-likeness (QED) is 0.557. The number of amides is 2. The number of carbonyl (C=O) groups is 1. The lowest BCUT2D eigenvalue weighted by molar-refractivity contribution is -0.214. The molecule has 2 heterocycles. The lowest BCUT2D eigenvalue weighted by atomic mass is 9.66. The summed E-state index contributed by atoms with van der Waals surface area (Å²) < 4.78 is 45.1. The highest BCUT2D eigenvalue weighted by Crippen LogP contribution is 2.54. The van der Waals surface area contributed by atoms with Crippen LogP contribution in [0.3, 0.4) is 0 Å². The predicted octanol–water partition coefficient (Wildman–Crippen LogP) is 4.95. The van der Waals surface area contributed by atoms with Crippen LogP contribution in [0.15, 0.2) is 53.2 Å². The third kappa shape index (κ3) is 3.68. The third-order valence-corrected chi connectivity index (χ3v) is 5.25. The van der Waals surface area contributed by atoms with Gasteiger partial charge >= 0.3 is 12.2 Å². The number of nitrogens with zero attached hydrogens (tertiary/aromatic N) is 2. The number of nitrogens with two attached hydrogens (primary N) is 1. The smallest absolute Gasteiger partial charge is 0.384 e. The topological polar surface area (TPSA) is 106 Å². The van der Waals surface area contributed by atoms with Crippen molar-refractivity contribution in [2.75, 3.05) is 16.4 Å². The minimum absolute atomic E-state index is 0.0372. The number of hydrogen-bond acceptors (Lipinski definition) is 5. The zero-order chi connectivity index (χ0) is 21.4. The summed E-state index contributed by atoms with van der Waals surface area (Å²) >= 11 is 0. The maximum absolute atomic E-state index is 13.4. The summed E-state index contributed by atoms with van der Waals surface area (Å²) in [6.07, 6.45) is -2.38. The van der Waals surface area contributed by atoms with Gasteiger partial charge in [0.25, 0.3) is 0 Å². The lowest BCUT2D eigenvalue weighted by Gasteiger charge is -2.41. The summed E-state index contributed by atoms with van der Waals surface area (Å²) in [7, 11) is 0. The molecule has 0 atom stereocenters. The van der Waals surface area contributed by atoms with Crippen molar-refractivity contribution in [2.24, 2.45) is 0 Å². The largest absolute Gasteiger partial charge is 0.400 e. The van der Waals surface area contributed by atoms with E-state index in [-0.39, 0.29) is 24.4 Å². The molecular formula is C20H18F3N5O2. The fraction of sp³-hybridized carbons (Fsp3) is 0.250. The Morgan fingerprint density at radius 3 is 2.33 bits per heavy atom. The molecule has 156 valence electrons. The fourth-order valence-electron chi connectivity index (χ4n) is 3.37. The van der Waals surface area contributed by atoms with E-state index in [1.807, 2.05) is 6.07 Å². The molecule has 1 saturated carbocycles. The predicted molar refractivity (Wildman–Crippen MR) is 105 cm³/mol. The molecule has 1 aliphatic carbocycles. The number of urea groups is 1. The van der Waals surface area contributed by atoms with Gasteiger partial charge < -0.3 is 15.6 Å². The molecule has 1 aliphatic rings. The number of anilines is 3. The van der Waals surface area contributed by atoms with Gasteiger partial charge in [-0.15, -0.1) is 0 Å². The van der Waals surface area contributed by atoms with Crippen molar-refractivity contribution in [1.29, 1.82) is 0 Å². The van der Waals surface area contributed by atoms with E-state index in [0.717, 1.165) is 17.2 Å². The fourth-order valence-corrected chi connectivity index (χ4v) is 3.37. The Balaban J connectivity index is 1.39. The molecule has 30 heavy (non-hydrogen) atoms. The van der Waals surface area contributed by atoms with Crippen molar-refractivity contribution in [3.05, 3.63) is 54.4 Å². The average molecular weight is 417 g/mol. The summed E-state index contributed by atoms with van der Waals surface area (Å²) in [4.78, 5) is 16.2. The number of nitrogen functional groups attached to an aromatic ring is 1. The number of halogens is 3. The summed E-state index contributed by atoms with van der Waals surface area (Å²) in [6, 6.07) is 10.9. The molecule has 2 amide bonds. The number of rotatable bonds is 4. The van der Waals surface area contributed by atoms with Crippen molar-refractivity contribution < 1.29 is 22.5 Å². The molecule has 0 saturated heterocycles. The van der Waals surface area contributed by atoms with Crippen molar-refractivity contribution in [1.82, 2.24) is 10.1 Å². The van der Waals surface area contributed by atoms with E-state index in [1.165, 1.54) is 0 Å². The van der Waals surface area contributed by atoms with Crippen molar-refractivity contribution >= 4 is 23.4 Å². The summed E-state index contributed by atoms with van der Waals surface area (Å²) in [5.41, 5.74) is 5.61. The molecule has 4 rings (SSSR count). The number of alkyl halides is 3. The van der Waals surface area contributed by atoms with Crippen LogP contribution in [0.4, 0.5) is 35.4 Å². The molecule has 1 fully saturated rings. The molecule has 1 aromatic carbocycles. The molecule has 2 aromatic heterocycles. The Morgan fingerprint density at radius 2 is 1.77 bits per heavy atom. The minimum Gasteiger partial charge on any atom is -0.384 e. The Kier molecular flexibility index (Phi) is 4.84. The summed E-state index contributed by atoms with van der Waals surface area (Å²) in [5.74, 6) is 0.269.